The van der Waals surface area contributed by atoms with Gasteiger partial charge in [-0.15, -0.1) is 0 Å². The van der Waals surface area contributed by atoms with Crippen molar-refractivity contribution in [2.75, 3.05) is 13.2 Å². The van der Waals surface area contributed by atoms with Crippen molar-refractivity contribution in [3.8, 4) is 11.5 Å². The van der Waals surface area contributed by atoms with Crippen molar-refractivity contribution in [1.82, 2.24) is 9.72 Å². The van der Waals surface area contributed by atoms with Crippen LogP contribution in [0.2, 0.25) is 0 Å². The summed E-state index contributed by atoms with van der Waals surface area (Å²) in [5.74, 6) is 0.916. The molecule has 3 heterocycles. The molecule has 0 N–H and O–H groups in total. The van der Waals surface area contributed by atoms with Crippen molar-refractivity contribution >= 4 is 11.8 Å². The molecule has 4 rings (SSSR count). The number of nitrogens with zero attached hydrogens (tertiary/aromatic N) is 2. The Balaban J connectivity index is 1.43. The number of fused-ring (bicyclic) bond motifs is 1. The lowest BCUT2D eigenvalue weighted by Gasteiger charge is -2.27. The Morgan fingerprint density at radius 1 is 1.16 bits per heavy atom. The number of para-hydroxylation sites is 2. The quantitative estimate of drug-likeness (QED) is 0.441. The molecule has 0 unspecified atom stereocenters. The number of carbonyl (C=O) groups excluding carboxylic acids is 2. The molecule has 1 aromatic carbocycles. The van der Waals surface area contributed by atoms with Crippen molar-refractivity contribution in [1.29, 1.82) is 0 Å². The zero-order chi connectivity index (χ0) is 22.1. The molecule has 0 bridgehead atoms. The van der Waals surface area contributed by atoms with Crippen molar-refractivity contribution in [2.24, 2.45) is 0 Å². The van der Waals surface area contributed by atoms with Gasteiger partial charge in [-0.05, 0) is 45.9 Å². The van der Waals surface area contributed by atoms with E-state index in [0.29, 0.717) is 35.9 Å². The van der Waals surface area contributed by atoms with E-state index in [9.17, 15) is 9.59 Å². The molecule has 3 aromatic rings. The molecule has 8 nitrogen and oxygen atoms in total. The number of esters is 1. The van der Waals surface area contributed by atoms with Gasteiger partial charge in [0.2, 0.25) is 5.78 Å². The monoisotopic (exact) mass is 424 g/mol. The first kappa shape index (κ1) is 20.7. The normalized spacial score (nSPS) is 15.0. The van der Waals surface area contributed by atoms with E-state index in [-0.39, 0.29) is 24.1 Å². The van der Waals surface area contributed by atoms with E-state index >= 15 is 0 Å². The predicted molar refractivity (Wildman–Crippen MR) is 111 cm³/mol. The molecule has 162 valence electrons. The minimum absolute atomic E-state index is 0.181. The Morgan fingerprint density at radius 2 is 1.90 bits per heavy atom. The van der Waals surface area contributed by atoms with Crippen LogP contribution in [0.15, 0.2) is 34.9 Å². The van der Waals surface area contributed by atoms with Crippen LogP contribution >= 0.6 is 0 Å². The summed E-state index contributed by atoms with van der Waals surface area (Å²) >= 11 is 0. The largest absolute Gasteiger partial charge is 0.486 e. The second-order valence-electron chi connectivity index (χ2n) is 7.59. The second-order valence-corrected chi connectivity index (χ2v) is 7.59. The first-order valence-electron chi connectivity index (χ1n) is 10.0. The molecule has 0 radical (unpaired) electrons. The summed E-state index contributed by atoms with van der Waals surface area (Å²) in [5, 5.41) is 3.73. The highest BCUT2D eigenvalue weighted by molar-refractivity contribution is 6.00. The molecule has 0 saturated carbocycles. The van der Waals surface area contributed by atoms with E-state index in [0.717, 1.165) is 17.1 Å². The van der Waals surface area contributed by atoms with E-state index in [1.54, 1.807) is 19.9 Å². The molecule has 8 heteroatoms. The van der Waals surface area contributed by atoms with E-state index in [4.69, 9.17) is 18.7 Å². The van der Waals surface area contributed by atoms with Gasteiger partial charge in [0.15, 0.2) is 24.2 Å². The van der Waals surface area contributed by atoms with Crippen LogP contribution in [0.1, 0.15) is 43.6 Å². The summed E-state index contributed by atoms with van der Waals surface area (Å²) in [6.45, 7) is 7.68. The number of benzene rings is 1. The summed E-state index contributed by atoms with van der Waals surface area (Å²) in [5.41, 5.74) is 2.91. The highest BCUT2D eigenvalue weighted by Gasteiger charge is 2.25. The zero-order valence-corrected chi connectivity index (χ0v) is 17.9. The summed E-state index contributed by atoms with van der Waals surface area (Å²) < 4.78 is 24.0. The number of hydrogen-bond acceptors (Lipinski definition) is 7. The van der Waals surface area contributed by atoms with E-state index in [2.05, 4.69) is 5.16 Å². The van der Waals surface area contributed by atoms with Crippen LogP contribution in [-0.2, 0) is 11.3 Å². The van der Waals surface area contributed by atoms with Gasteiger partial charge in [0.05, 0.1) is 12.2 Å². The number of rotatable bonds is 6. The van der Waals surface area contributed by atoms with Crippen LogP contribution in [-0.4, -0.2) is 40.8 Å². The Hall–Kier alpha value is -3.55. The number of aryl methyl sites for hydroxylation is 3. The number of ketones is 1. The van der Waals surface area contributed by atoms with Crippen molar-refractivity contribution < 1.29 is 28.3 Å². The Morgan fingerprint density at radius 3 is 2.61 bits per heavy atom. The minimum atomic E-state index is -0.621. The number of ether oxygens (including phenoxy) is 3. The van der Waals surface area contributed by atoms with Gasteiger partial charge >= 0.3 is 5.97 Å². The number of carbonyl (C=O) groups is 2. The molecular weight excluding hydrogens is 400 g/mol. The topological polar surface area (TPSA) is 92.8 Å². The second kappa shape index (κ2) is 8.29. The van der Waals surface area contributed by atoms with Gasteiger partial charge in [0.1, 0.15) is 17.9 Å². The standard InChI is InChI=1S/C23H24N2O6/c1-13-9-18(19(26)12-29-23(27)22-14(2)24-31-16(22)4)15(3)25(13)10-17-11-28-20-7-5-6-8-21(20)30-17/h5-9,17H,10-12H2,1-4H3/t17-/m0/s1. The fourth-order valence-corrected chi connectivity index (χ4v) is 3.78. The van der Waals surface area contributed by atoms with E-state index in [1.807, 2.05) is 42.7 Å². The van der Waals surface area contributed by atoms with E-state index in [1.165, 1.54) is 0 Å². The highest BCUT2D eigenvalue weighted by atomic mass is 16.6. The molecule has 0 amide bonds. The maximum Gasteiger partial charge on any atom is 0.344 e. The third kappa shape index (κ3) is 4.05. The predicted octanol–water partition coefficient (Wildman–Crippen LogP) is 3.59. The molecule has 1 aliphatic heterocycles. The van der Waals surface area contributed by atoms with Crippen LogP contribution in [0.25, 0.3) is 0 Å². The van der Waals surface area contributed by atoms with Gasteiger partial charge in [-0.2, -0.15) is 0 Å². The van der Waals surface area contributed by atoms with Crippen molar-refractivity contribution in [2.45, 2.75) is 40.3 Å². The van der Waals surface area contributed by atoms with Gasteiger partial charge in [0, 0.05) is 17.0 Å². The zero-order valence-electron chi connectivity index (χ0n) is 17.9. The first-order chi connectivity index (χ1) is 14.8. The fraction of sp³-hybridized carbons (Fsp3) is 0.348. The number of hydrogen-bond donors (Lipinski definition) is 0. The lowest BCUT2D eigenvalue weighted by atomic mass is 10.1. The molecular formula is C23H24N2O6. The summed E-state index contributed by atoms with van der Waals surface area (Å²) in [6, 6.07) is 9.35. The lowest BCUT2D eigenvalue weighted by molar-refractivity contribution is 0.0472. The Kier molecular flexibility index (Phi) is 5.54. The number of Topliss-reactive ketones (excluding diaryl/α,β-unsaturated/α-hetero) is 1. The van der Waals surface area contributed by atoms with Crippen molar-refractivity contribution in [3.63, 3.8) is 0 Å². The van der Waals surface area contributed by atoms with Gasteiger partial charge < -0.3 is 23.3 Å². The van der Waals surface area contributed by atoms with Crippen LogP contribution in [0.5, 0.6) is 11.5 Å². The average molecular weight is 424 g/mol. The molecule has 1 atom stereocenters. The summed E-state index contributed by atoms with van der Waals surface area (Å²) in [4.78, 5) is 25.0. The Bertz CT molecular complexity index is 1120. The van der Waals surface area contributed by atoms with Crippen molar-refractivity contribution in [3.05, 3.63) is 64.3 Å². The highest BCUT2D eigenvalue weighted by Crippen LogP contribution is 2.31. The number of aromatic nitrogens is 2. The van der Waals surface area contributed by atoms with Crippen LogP contribution < -0.4 is 9.47 Å². The average Bonchev–Trinajstić information content (AvgIpc) is 3.24. The van der Waals surface area contributed by atoms with Gasteiger partial charge in [-0.3, -0.25) is 4.79 Å². The summed E-state index contributed by atoms with van der Waals surface area (Å²) in [6.07, 6.45) is -0.181. The maximum atomic E-state index is 12.7. The maximum absolute atomic E-state index is 12.7. The Labute approximate surface area is 179 Å². The third-order valence-corrected chi connectivity index (χ3v) is 5.40. The molecule has 0 spiro atoms. The third-order valence-electron chi connectivity index (χ3n) is 5.40. The molecule has 0 aliphatic carbocycles. The molecule has 0 fully saturated rings. The lowest BCUT2D eigenvalue weighted by Crippen LogP contribution is -2.33. The molecule has 1 aliphatic rings. The van der Waals surface area contributed by atoms with Crippen LogP contribution in [0, 0.1) is 27.7 Å². The molecule has 2 aromatic heterocycles. The van der Waals surface area contributed by atoms with Gasteiger partial charge in [0.25, 0.3) is 0 Å². The van der Waals surface area contributed by atoms with Crippen LogP contribution in [0.3, 0.4) is 0 Å². The molecule has 31 heavy (non-hydrogen) atoms. The van der Waals surface area contributed by atoms with Crippen LogP contribution in [0.4, 0.5) is 0 Å². The SMILES string of the molecule is Cc1noc(C)c1C(=O)OCC(=O)c1cc(C)n(C[C@H]2COc3ccccc3O2)c1C. The van der Waals surface area contributed by atoms with E-state index < -0.39 is 5.97 Å². The molecule has 0 saturated heterocycles. The summed E-state index contributed by atoms with van der Waals surface area (Å²) in [7, 11) is 0. The minimum Gasteiger partial charge on any atom is -0.486 e. The van der Waals surface area contributed by atoms with Gasteiger partial charge in [-0.25, -0.2) is 4.79 Å². The first-order valence-corrected chi connectivity index (χ1v) is 10.0. The smallest absolute Gasteiger partial charge is 0.344 e. The fourth-order valence-electron chi connectivity index (χ4n) is 3.78. The van der Waals surface area contributed by atoms with Gasteiger partial charge in [-0.1, -0.05) is 17.3 Å².